The van der Waals surface area contributed by atoms with E-state index in [9.17, 15) is 0 Å². The fraction of sp³-hybridized carbons (Fsp3) is 0.364. The molecule has 0 atom stereocenters. The maximum absolute atomic E-state index is 4.34. The number of H-pyrrole nitrogens is 1. The average Bonchev–Trinajstić information content (AvgIpc) is 3.32. The number of aryl methyl sites for hydroxylation is 2. The van der Waals surface area contributed by atoms with E-state index in [4.69, 9.17) is 0 Å². The number of benzene rings is 1. The van der Waals surface area contributed by atoms with Crippen LogP contribution in [-0.4, -0.2) is 32.7 Å². The largest absolute Gasteiger partial charge is 0.354 e. The smallest absolute Gasteiger partial charge is 0.158 e. The molecule has 0 radical (unpaired) electrons. The summed E-state index contributed by atoms with van der Waals surface area (Å²) >= 11 is 0. The van der Waals surface area contributed by atoms with Gasteiger partial charge < -0.3 is 10.3 Å². The van der Waals surface area contributed by atoms with Crippen molar-refractivity contribution in [3.05, 3.63) is 53.5 Å². The third-order valence-corrected chi connectivity index (χ3v) is 5.94. The molecule has 0 bridgehead atoms. The van der Waals surface area contributed by atoms with Crippen molar-refractivity contribution < 1.29 is 0 Å². The number of nitrogens with one attached hydrogen (secondary N) is 2. The van der Waals surface area contributed by atoms with Crippen LogP contribution >= 0.6 is 0 Å². The highest BCUT2D eigenvalue weighted by Crippen LogP contribution is 2.35. The monoisotopic (exact) mass is 359 g/mol. The molecule has 5 heteroatoms. The lowest BCUT2D eigenvalue weighted by atomic mass is 9.89. The summed E-state index contributed by atoms with van der Waals surface area (Å²) in [6, 6.07) is 9.20. The van der Waals surface area contributed by atoms with Gasteiger partial charge in [0.25, 0.3) is 0 Å². The zero-order chi connectivity index (χ0) is 18.4. The van der Waals surface area contributed by atoms with Gasteiger partial charge in [-0.25, -0.2) is 9.50 Å². The zero-order valence-corrected chi connectivity index (χ0v) is 15.9. The van der Waals surface area contributed by atoms with Crippen LogP contribution in [0.1, 0.15) is 42.4 Å². The molecule has 5 nitrogen and oxygen atoms in total. The molecule has 4 heterocycles. The molecule has 0 aliphatic carbocycles. The Morgan fingerprint density at radius 1 is 1.19 bits per heavy atom. The fourth-order valence-electron chi connectivity index (χ4n) is 4.52. The number of aromatic amines is 1. The van der Waals surface area contributed by atoms with Gasteiger partial charge in [0.05, 0.1) is 5.69 Å². The molecule has 27 heavy (non-hydrogen) atoms. The van der Waals surface area contributed by atoms with Crippen molar-refractivity contribution in [1.29, 1.82) is 0 Å². The molecule has 0 unspecified atom stereocenters. The van der Waals surface area contributed by atoms with E-state index in [1.807, 2.05) is 4.52 Å². The number of hydrogen-bond acceptors (Lipinski definition) is 3. The molecule has 1 fully saturated rings. The number of pyridine rings is 1. The Kier molecular flexibility index (Phi) is 3.97. The molecule has 5 rings (SSSR count). The van der Waals surface area contributed by atoms with Gasteiger partial charge in [-0.2, -0.15) is 5.10 Å². The predicted octanol–water partition coefficient (Wildman–Crippen LogP) is 4.22. The van der Waals surface area contributed by atoms with E-state index in [1.165, 1.54) is 46.1 Å². The fourth-order valence-corrected chi connectivity index (χ4v) is 4.52. The molecule has 0 amide bonds. The van der Waals surface area contributed by atoms with Gasteiger partial charge >= 0.3 is 0 Å². The summed E-state index contributed by atoms with van der Waals surface area (Å²) in [5.41, 5.74) is 8.52. The van der Waals surface area contributed by atoms with E-state index >= 15 is 0 Å². The lowest BCUT2D eigenvalue weighted by Crippen LogP contribution is -2.26. The molecule has 1 aliphatic rings. The second-order valence-electron chi connectivity index (χ2n) is 7.60. The van der Waals surface area contributed by atoms with Crippen LogP contribution in [0.15, 0.2) is 36.8 Å². The minimum atomic E-state index is 0.674. The molecule has 4 aromatic rings. The minimum absolute atomic E-state index is 0.674. The van der Waals surface area contributed by atoms with E-state index in [2.05, 4.69) is 64.7 Å². The normalized spacial score (nSPS) is 15.8. The van der Waals surface area contributed by atoms with Crippen molar-refractivity contribution in [2.24, 2.45) is 0 Å². The molecule has 0 saturated carbocycles. The van der Waals surface area contributed by atoms with Gasteiger partial charge in [-0.05, 0) is 80.1 Å². The molecule has 1 aromatic carbocycles. The van der Waals surface area contributed by atoms with Gasteiger partial charge in [0.1, 0.15) is 6.33 Å². The molecule has 1 saturated heterocycles. The van der Waals surface area contributed by atoms with Crippen LogP contribution < -0.4 is 5.32 Å². The Labute approximate surface area is 158 Å². The number of piperidine rings is 1. The first-order valence-electron chi connectivity index (χ1n) is 9.90. The second-order valence-corrected chi connectivity index (χ2v) is 7.60. The van der Waals surface area contributed by atoms with Crippen LogP contribution in [0.2, 0.25) is 0 Å². The molecule has 1 aliphatic heterocycles. The topological polar surface area (TPSA) is 58.0 Å². The average molecular weight is 359 g/mol. The summed E-state index contributed by atoms with van der Waals surface area (Å²) in [6.07, 6.45) is 7.15. The first-order valence-corrected chi connectivity index (χ1v) is 9.90. The van der Waals surface area contributed by atoms with Gasteiger partial charge in [-0.3, -0.25) is 0 Å². The van der Waals surface area contributed by atoms with Gasteiger partial charge in [0.15, 0.2) is 5.65 Å². The van der Waals surface area contributed by atoms with Crippen LogP contribution in [0.4, 0.5) is 0 Å². The SMILES string of the molecule is CCc1c(-c2cc(C)c3ncnn3c2)[nH]c2ccc(C3CCNCC3)cc12. The van der Waals surface area contributed by atoms with E-state index < -0.39 is 0 Å². The van der Waals surface area contributed by atoms with Gasteiger partial charge in [-0.1, -0.05) is 13.0 Å². The highest BCUT2D eigenvalue weighted by molar-refractivity contribution is 5.91. The minimum Gasteiger partial charge on any atom is -0.354 e. The lowest BCUT2D eigenvalue weighted by Gasteiger charge is -2.23. The third-order valence-electron chi connectivity index (χ3n) is 5.94. The summed E-state index contributed by atoms with van der Waals surface area (Å²) in [5, 5.41) is 9.17. The Bertz CT molecular complexity index is 1110. The number of nitrogens with zero attached hydrogens (tertiary/aromatic N) is 3. The lowest BCUT2D eigenvalue weighted by molar-refractivity contribution is 0.460. The third kappa shape index (κ3) is 2.73. The summed E-state index contributed by atoms with van der Waals surface area (Å²) in [7, 11) is 0. The number of aromatic nitrogens is 4. The first-order chi connectivity index (χ1) is 13.2. The van der Waals surface area contributed by atoms with Crippen molar-refractivity contribution in [3.63, 3.8) is 0 Å². The van der Waals surface area contributed by atoms with Gasteiger partial charge in [0.2, 0.25) is 0 Å². The molecular formula is C22H25N5. The highest BCUT2D eigenvalue weighted by atomic mass is 15.3. The maximum atomic E-state index is 4.34. The van der Waals surface area contributed by atoms with E-state index in [0.29, 0.717) is 5.92 Å². The Morgan fingerprint density at radius 2 is 2.04 bits per heavy atom. The van der Waals surface area contributed by atoms with Crippen molar-refractivity contribution in [1.82, 2.24) is 24.9 Å². The van der Waals surface area contributed by atoms with Crippen molar-refractivity contribution in [3.8, 4) is 11.3 Å². The highest BCUT2D eigenvalue weighted by Gasteiger charge is 2.18. The number of rotatable bonds is 3. The molecule has 138 valence electrons. The second kappa shape index (κ2) is 6.50. The van der Waals surface area contributed by atoms with Crippen molar-refractivity contribution in [2.75, 3.05) is 13.1 Å². The zero-order valence-electron chi connectivity index (χ0n) is 15.9. The maximum Gasteiger partial charge on any atom is 0.158 e. The molecule has 2 N–H and O–H groups in total. The van der Waals surface area contributed by atoms with Crippen LogP contribution in [0.25, 0.3) is 27.8 Å². The van der Waals surface area contributed by atoms with Crippen molar-refractivity contribution in [2.45, 2.75) is 39.0 Å². The Balaban J connectivity index is 1.65. The summed E-state index contributed by atoms with van der Waals surface area (Å²) < 4.78 is 1.87. The quantitative estimate of drug-likeness (QED) is 0.576. The van der Waals surface area contributed by atoms with E-state index in [-0.39, 0.29) is 0 Å². The summed E-state index contributed by atoms with van der Waals surface area (Å²) in [6.45, 7) is 6.58. The van der Waals surface area contributed by atoms with Crippen molar-refractivity contribution >= 4 is 16.6 Å². The predicted molar refractivity (Wildman–Crippen MR) is 109 cm³/mol. The van der Waals surface area contributed by atoms with Crippen LogP contribution in [0, 0.1) is 6.92 Å². The number of hydrogen-bond donors (Lipinski definition) is 2. The van der Waals surface area contributed by atoms with E-state index in [1.54, 1.807) is 6.33 Å². The Morgan fingerprint density at radius 3 is 2.85 bits per heavy atom. The number of fused-ring (bicyclic) bond motifs is 2. The molecular weight excluding hydrogens is 334 g/mol. The van der Waals surface area contributed by atoms with Crippen LogP contribution in [-0.2, 0) is 6.42 Å². The van der Waals surface area contributed by atoms with Crippen LogP contribution in [0.3, 0.4) is 0 Å². The summed E-state index contributed by atoms with van der Waals surface area (Å²) in [4.78, 5) is 8.01. The summed E-state index contributed by atoms with van der Waals surface area (Å²) in [5.74, 6) is 0.674. The van der Waals surface area contributed by atoms with Crippen LogP contribution in [0.5, 0.6) is 0 Å². The first kappa shape index (κ1) is 16.5. The standard InChI is InChI=1S/C22H25N5/c1-3-18-19-11-16(15-6-8-23-9-7-15)4-5-20(19)26-21(18)17-10-14(2)22-24-13-25-27(22)12-17/h4-5,10-13,15,23,26H,3,6-9H2,1-2H3. The molecule has 3 aromatic heterocycles. The Hall–Kier alpha value is -2.66. The van der Waals surface area contributed by atoms with Gasteiger partial charge in [0, 0.05) is 22.7 Å². The molecule has 0 spiro atoms. The van der Waals surface area contributed by atoms with Gasteiger partial charge in [-0.15, -0.1) is 0 Å². The van der Waals surface area contributed by atoms with E-state index in [0.717, 1.165) is 30.7 Å².